The maximum atomic E-state index is 12.3. The number of aliphatic hydroxyl groups is 1. The largest absolute Gasteiger partial charge is 0.480 e. The summed E-state index contributed by atoms with van der Waals surface area (Å²) in [4.78, 5) is 25.2. The molecule has 7 heteroatoms. The molecule has 0 saturated carbocycles. The number of amides is 1. The standard InChI is InChI=1S/C19H25N3O4/c1-14(2)10-17(19(25)26)21-18(24)16(11-20)13-22(8-9-23)12-15-6-4-3-5-7-15/h3-7,13-14,17,23H,8-10,12H2,1-2H3,(H,21,24)(H,25,26)/b16-13-. The Morgan fingerprint density at radius 1 is 1.31 bits per heavy atom. The summed E-state index contributed by atoms with van der Waals surface area (Å²) in [7, 11) is 0. The molecule has 0 aliphatic rings. The lowest BCUT2D eigenvalue weighted by molar-refractivity contribution is -0.141. The number of hydrogen-bond acceptors (Lipinski definition) is 5. The molecule has 0 fully saturated rings. The molecule has 26 heavy (non-hydrogen) atoms. The van der Waals surface area contributed by atoms with Gasteiger partial charge in [0, 0.05) is 19.3 Å². The fraction of sp³-hybridized carbons (Fsp3) is 0.421. The molecule has 1 atom stereocenters. The molecule has 3 N–H and O–H groups in total. The molecule has 1 aromatic carbocycles. The molecule has 0 radical (unpaired) electrons. The van der Waals surface area contributed by atoms with E-state index in [1.807, 2.05) is 44.2 Å². The molecule has 1 amide bonds. The molecule has 0 aliphatic carbocycles. The quantitative estimate of drug-likeness (QED) is 0.431. The van der Waals surface area contributed by atoms with Crippen molar-refractivity contribution in [3.63, 3.8) is 0 Å². The van der Waals surface area contributed by atoms with Crippen LogP contribution in [0.4, 0.5) is 0 Å². The van der Waals surface area contributed by atoms with E-state index in [1.54, 1.807) is 11.0 Å². The normalized spacial score (nSPS) is 12.3. The van der Waals surface area contributed by atoms with Crippen molar-refractivity contribution >= 4 is 11.9 Å². The predicted molar refractivity (Wildman–Crippen MR) is 96.7 cm³/mol. The second-order valence-electron chi connectivity index (χ2n) is 6.33. The number of hydrogen-bond donors (Lipinski definition) is 3. The van der Waals surface area contributed by atoms with Gasteiger partial charge in [-0.25, -0.2) is 4.79 Å². The smallest absolute Gasteiger partial charge is 0.326 e. The summed E-state index contributed by atoms with van der Waals surface area (Å²) >= 11 is 0. The third-order valence-corrected chi connectivity index (χ3v) is 3.60. The van der Waals surface area contributed by atoms with Crippen molar-refractivity contribution in [3.8, 4) is 6.07 Å². The van der Waals surface area contributed by atoms with Gasteiger partial charge in [-0.2, -0.15) is 5.26 Å². The molecule has 1 rings (SSSR count). The Morgan fingerprint density at radius 3 is 2.46 bits per heavy atom. The Kier molecular flexibility index (Phi) is 8.88. The number of rotatable bonds is 10. The second kappa shape index (κ2) is 10.9. The first-order valence-electron chi connectivity index (χ1n) is 8.41. The molecule has 0 heterocycles. The monoisotopic (exact) mass is 359 g/mol. The molecule has 1 unspecified atom stereocenters. The van der Waals surface area contributed by atoms with Gasteiger partial charge in [0.1, 0.15) is 17.7 Å². The highest BCUT2D eigenvalue weighted by Crippen LogP contribution is 2.09. The number of nitrogens with one attached hydrogen (secondary N) is 1. The molecule has 0 saturated heterocycles. The lowest BCUT2D eigenvalue weighted by atomic mass is 10.0. The average molecular weight is 359 g/mol. The van der Waals surface area contributed by atoms with Crippen molar-refractivity contribution in [2.24, 2.45) is 5.92 Å². The Bertz CT molecular complexity index is 665. The predicted octanol–water partition coefficient (Wildman–Crippen LogP) is 1.50. The molecular formula is C19H25N3O4. The molecule has 140 valence electrons. The Hall–Kier alpha value is -2.85. The fourth-order valence-corrected chi connectivity index (χ4v) is 2.39. The van der Waals surface area contributed by atoms with Crippen LogP contribution in [0.5, 0.6) is 0 Å². The molecule has 0 spiro atoms. The van der Waals surface area contributed by atoms with Gasteiger partial charge in [0.15, 0.2) is 0 Å². The number of carbonyl (C=O) groups is 2. The van der Waals surface area contributed by atoms with Crippen LogP contribution in [0.1, 0.15) is 25.8 Å². The van der Waals surface area contributed by atoms with E-state index in [1.165, 1.54) is 6.20 Å². The zero-order chi connectivity index (χ0) is 19.5. The van der Waals surface area contributed by atoms with Crippen LogP contribution in [0, 0.1) is 17.2 Å². The van der Waals surface area contributed by atoms with Crippen molar-refractivity contribution in [2.75, 3.05) is 13.2 Å². The summed E-state index contributed by atoms with van der Waals surface area (Å²) < 4.78 is 0. The number of carboxylic acid groups (broad SMARTS) is 1. The molecule has 0 bridgehead atoms. The highest BCUT2D eigenvalue weighted by Gasteiger charge is 2.23. The van der Waals surface area contributed by atoms with E-state index in [9.17, 15) is 25.1 Å². The van der Waals surface area contributed by atoms with E-state index >= 15 is 0 Å². The van der Waals surface area contributed by atoms with Crippen LogP contribution in [0.3, 0.4) is 0 Å². The lowest BCUT2D eigenvalue weighted by Gasteiger charge is -2.21. The van der Waals surface area contributed by atoms with Gasteiger partial charge in [-0.1, -0.05) is 44.2 Å². The highest BCUT2D eigenvalue weighted by atomic mass is 16.4. The fourth-order valence-electron chi connectivity index (χ4n) is 2.39. The van der Waals surface area contributed by atoms with Gasteiger partial charge in [-0.05, 0) is 17.9 Å². The minimum absolute atomic E-state index is 0.0786. The van der Waals surface area contributed by atoms with E-state index in [4.69, 9.17) is 0 Å². The first-order chi connectivity index (χ1) is 12.4. The first-order valence-corrected chi connectivity index (χ1v) is 8.41. The van der Waals surface area contributed by atoms with E-state index < -0.39 is 17.9 Å². The van der Waals surface area contributed by atoms with Crippen molar-refractivity contribution < 1.29 is 19.8 Å². The molecular weight excluding hydrogens is 334 g/mol. The first kappa shape index (κ1) is 21.2. The maximum absolute atomic E-state index is 12.3. The summed E-state index contributed by atoms with van der Waals surface area (Å²) in [5.74, 6) is -1.80. The van der Waals surface area contributed by atoms with Crippen molar-refractivity contribution in [3.05, 3.63) is 47.7 Å². The van der Waals surface area contributed by atoms with Crippen LogP contribution in [0.2, 0.25) is 0 Å². The molecule has 0 aliphatic heterocycles. The number of nitrogens with zero attached hydrogens (tertiary/aromatic N) is 2. The summed E-state index contributed by atoms with van der Waals surface area (Å²) in [5, 5.41) is 30.1. The molecule has 0 aromatic heterocycles. The van der Waals surface area contributed by atoms with E-state index in [-0.39, 0.29) is 31.1 Å². The summed E-state index contributed by atoms with van der Waals surface area (Å²) in [6.45, 7) is 4.21. The van der Waals surface area contributed by atoms with Crippen LogP contribution in [0.25, 0.3) is 0 Å². The number of aliphatic hydroxyl groups excluding tert-OH is 1. The Morgan fingerprint density at radius 2 is 1.96 bits per heavy atom. The van der Waals surface area contributed by atoms with Crippen LogP contribution in [-0.4, -0.2) is 46.2 Å². The van der Waals surface area contributed by atoms with Gasteiger partial charge in [0.2, 0.25) is 0 Å². The summed E-state index contributed by atoms with van der Waals surface area (Å²) in [5.41, 5.74) is 0.752. The molecule has 1 aromatic rings. The van der Waals surface area contributed by atoms with E-state index in [0.717, 1.165) is 5.56 Å². The topological polar surface area (TPSA) is 114 Å². The number of carboxylic acids is 1. The van der Waals surface area contributed by atoms with Crippen molar-refractivity contribution in [1.82, 2.24) is 10.2 Å². The van der Waals surface area contributed by atoms with Gasteiger partial charge in [0.05, 0.1) is 6.61 Å². The second-order valence-corrected chi connectivity index (χ2v) is 6.33. The zero-order valence-electron chi connectivity index (χ0n) is 15.1. The maximum Gasteiger partial charge on any atom is 0.326 e. The third-order valence-electron chi connectivity index (χ3n) is 3.60. The van der Waals surface area contributed by atoms with Gasteiger partial charge in [0.25, 0.3) is 5.91 Å². The summed E-state index contributed by atoms with van der Waals surface area (Å²) in [6, 6.07) is 10.2. The highest BCUT2D eigenvalue weighted by molar-refractivity contribution is 5.99. The Labute approximate surface area is 153 Å². The Balaban J connectivity index is 2.91. The molecule has 7 nitrogen and oxygen atoms in total. The van der Waals surface area contributed by atoms with Gasteiger partial charge < -0.3 is 20.4 Å². The van der Waals surface area contributed by atoms with Crippen LogP contribution in [-0.2, 0) is 16.1 Å². The van der Waals surface area contributed by atoms with E-state index in [0.29, 0.717) is 6.54 Å². The van der Waals surface area contributed by atoms with Crippen LogP contribution < -0.4 is 5.32 Å². The van der Waals surface area contributed by atoms with Gasteiger partial charge in [-0.15, -0.1) is 0 Å². The van der Waals surface area contributed by atoms with Gasteiger partial charge in [-0.3, -0.25) is 4.79 Å². The van der Waals surface area contributed by atoms with E-state index in [2.05, 4.69) is 5.32 Å². The number of aliphatic carboxylic acids is 1. The minimum atomic E-state index is -1.14. The SMILES string of the molecule is CC(C)CC(NC(=O)/C(C#N)=C\N(CCO)Cc1ccccc1)C(=O)O. The van der Waals surface area contributed by atoms with Crippen LogP contribution >= 0.6 is 0 Å². The number of nitriles is 1. The number of carbonyl (C=O) groups excluding carboxylic acids is 1. The van der Waals surface area contributed by atoms with Crippen molar-refractivity contribution in [1.29, 1.82) is 5.26 Å². The van der Waals surface area contributed by atoms with Crippen LogP contribution in [0.15, 0.2) is 42.1 Å². The lowest BCUT2D eigenvalue weighted by Crippen LogP contribution is -2.42. The summed E-state index contributed by atoms with van der Waals surface area (Å²) in [6.07, 6.45) is 1.62. The number of benzene rings is 1. The minimum Gasteiger partial charge on any atom is -0.480 e. The third kappa shape index (κ3) is 7.36. The van der Waals surface area contributed by atoms with Crippen molar-refractivity contribution in [2.45, 2.75) is 32.9 Å². The van der Waals surface area contributed by atoms with Gasteiger partial charge >= 0.3 is 5.97 Å². The average Bonchev–Trinajstić information content (AvgIpc) is 2.59. The zero-order valence-corrected chi connectivity index (χ0v) is 15.1.